The Balaban J connectivity index is 1.59. The first kappa shape index (κ1) is 18.9. The Hall–Kier alpha value is -1.92. The zero-order chi connectivity index (χ0) is 18.4. The molecule has 1 aliphatic rings. The summed E-state index contributed by atoms with van der Waals surface area (Å²) < 4.78 is 26.2. The van der Waals surface area contributed by atoms with Gasteiger partial charge in [0.2, 0.25) is 0 Å². The van der Waals surface area contributed by atoms with E-state index in [0.29, 0.717) is 11.5 Å². The maximum atomic E-state index is 13.2. The standard InChI is InChI=1S/C23H26F2Si/c1-2-3-14-26-15-12-21(13-16-26)20-9-6-18(7-10-20)4-5-19-8-11-22(24)23(25)17-19/h6-11,17,21,26H,2-3,12-16H2,1H3. The quantitative estimate of drug-likeness (QED) is 0.441. The molecule has 3 heteroatoms. The van der Waals surface area contributed by atoms with Crippen molar-refractivity contribution in [2.75, 3.05) is 0 Å². The third kappa shape index (κ3) is 5.05. The average Bonchev–Trinajstić information content (AvgIpc) is 2.68. The lowest BCUT2D eigenvalue weighted by Gasteiger charge is -2.28. The fourth-order valence-electron chi connectivity index (χ4n) is 3.83. The molecule has 0 atom stereocenters. The molecule has 1 fully saturated rings. The van der Waals surface area contributed by atoms with Gasteiger partial charge in [0.15, 0.2) is 11.6 Å². The molecule has 3 rings (SSSR count). The molecule has 1 heterocycles. The Morgan fingerprint density at radius 2 is 1.58 bits per heavy atom. The number of hydrogen-bond donors (Lipinski definition) is 0. The first-order valence-electron chi connectivity index (χ1n) is 9.72. The van der Waals surface area contributed by atoms with Crippen LogP contribution in [0.15, 0.2) is 42.5 Å². The van der Waals surface area contributed by atoms with Gasteiger partial charge in [0.25, 0.3) is 0 Å². The summed E-state index contributed by atoms with van der Waals surface area (Å²) in [5, 5.41) is 0. The number of hydrogen-bond acceptors (Lipinski definition) is 0. The summed E-state index contributed by atoms with van der Waals surface area (Å²) in [6, 6.07) is 16.7. The second-order valence-corrected chi connectivity index (χ2v) is 10.8. The lowest BCUT2D eigenvalue weighted by Crippen LogP contribution is -2.20. The Kier molecular flexibility index (Phi) is 6.63. The summed E-state index contributed by atoms with van der Waals surface area (Å²) in [7, 11) is -0.449. The van der Waals surface area contributed by atoms with Crippen molar-refractivity contribution in [1.29, 1.82) is 0 Å². The molecule has 136 valence electrons. The highest BCUT2D eigenvalue weighted by molar-refractivity contribution is 6.59. The van der Waals surface area contributed by atoms with Gasteiger partial charge >= 0.3 is 0 Å². The van der Waals surface area contributed by atoms with Crippen molar-refractivity contribution in [2.45, 2.75) is 56.7 Å². The minimum absolute atomic E-state index is 0.449. The lowest BCUT2D eigenvalue weighted by molar-refractivity contribution is 0.508. The second-order valence-electron chi connectivity index (χ2n) is 7.36. The zero-order valence-electron chi connectivity index (χ0n) is 15.4. The van der Waals surface area contributed by atoms with Crippen LogP contribution < -0.4 is 0 Å². The number of benzene rings is 2. The lowest BCUT2D eigenvalue weighted by atomic mass is 9.93. The molecule has 2 aromatic rings. The number of rotatable bonds is 4. The van der Waals surface area contributed by atoms with E-state index in [1.165, 1.54) is 55.4 Å². The van der Waals surface area contributed by atoms with E-state index < -0.39 is 20.4 Å². The fourth-order valence-corrected chi connectivity index (χ4v) is 7.43. The van der Waals surface area contributed by atoms with Crippen LogP contribution in [0.3, 0.4) is 0 Å². The minimum Gasteiger partial charge on any atom is -0.204 e. The van der Waals surface area contributed by atoms with Gasteiger partial charge in [-0.2, -0.15) is 0 Å². The molecule has 0 aromatic heterocycles. The largest absolute Gasteiger partial charge is 0.204 e. The van der Waals surface area contributed by atoms with Gasteiger partial charge in [-0.25, -0.2) is 8.78 Å². The Morgan fingerprint density at radius 3 is 2.23 bits per heavy atom. The highest BCUT2D eigenvalue weighted by Crippen LogP contribution is 2.35. The molecule has 0 saturated carbocycles. The summed E-state index contributed by atoms with van der Waals surface area (Å²) >= 11 is 0. The number of unbranched alkanes of at least 4 members (excludes halogenated alkanes) is 1. The van der Waals surface area contributed by atoms with Gasteiger partial charge in [-0.1, -0.05) is 61.9 Å². The molecular weight excluding hydrogens is 342 g/mol. The van der Waals surface area contributed by atoms with Crippen molar-refractivity contribution in [3.63, 3.8) is 0 Å². The molecule has 0 radical (unpaired) electrons. The van der Waals surface area contributed by atoms with Crippen LogP contribution in [-0.2, 0) is 0 Å². The van der Waals surface area contributed by atoms with Crippen LogP contribution in [0.4, 0.5) is 8.78 Å². The van der Waals surface area contributed by atoms with E-state index in [1.807, 2.05) is 12.1 Å². The van der Waals surface area contributed by atoms with Gasteiger partial charge in [-0.15, -0.1) is 0 Å². The predicted molar refractivity (Wildman–Crippen MR) is 107 cm³/mol. The van der Waals surface area contributed by atoms with Crippen molar-refractivity contribution >= 4 is 8.80 Å². The highest BCUT2D eigenvalue weighted by atomic mass is 28.3. The normalized spacial score (nSPS) is 19.7. The van der Waals surface area contributed by atoms with E-state index in [-0.39, 0.29) is 0 Å². The van der Waals surface area contributed by atoms with Gasteiger partial charge in [-0.3, -0.25) is 0 Å². The van der Waals surface area contributed by atoms with Gasteiger partial charge in [0.05, 0.1) is 0 Å². The molecule has 0 aliphatic carbocycles. The summed E-state index contributed by atoms with van der Waals surface area (Å²) in [6.45, 7) is 2.29. The average molecular weight is 369 g/mol. The number of halogens is 2. The molecular formula is C23H26F2Si. The maximum Gasteiger partial charge on any atom is 0.160 e. The van der Waals surface area contributed by atoms with E-state index in [2.05, 4.69) is 30.9 Å². The van der Waals surface area contributed by atoms with Crippen molar-refractivity contribution in [3.05, 3.63) is 70.8 Å². The van der Waals surface area contributed by atoms with Crippen LogP contribution >= 0.6 is 0 Å². The molecule has 0 bridgehead atoms. The van der Waals surface area contributed by atoms with Gasteiger partial charge in [0.1, 0.15) is 0 Å². The van der Waals surface area contributed by atoms with Crippen molar-refractivity contribution in [3.8, 4) is 11.8 Å². The van der Waals surface area contributed by atoms with E-state index in [1.54, 1.807) is 0 Å². The van der Waals surface area contributed by atoms with Crippen LogP contribution in [0.2, 0.25) is 18.1 Å². The Labute approximate surface area is 157 Å². The fraction of sp³-hybridized carbons (Fsp3) is 0.391. The summed E-state index contributed by atoms with van der Waals surface area (Å²) in [5.41, 5.74) is 2.82. The first-order valence-corrected chi connectivity index (χ1v) is 12.2. The zero-order valence-corrected chi connectivity index (χ0v) is 16.6. The van der Waals surface area contributed by atoms with Gasteiger partial charge < -0.3 is 0 Å². The molecule has 0 unspecified atom stereocenters. The summed E-state index contributed by atoms with van der Waals surface area (Å²) in [6.07, 6.45) is 5.45. The predicted octanol–water partition coefficient (Wildman–Crippen LogP) is 6.27. The minimum atomic E-state index is -0.856. The van der Waals surface area contributed by atoms with E-state index in [0.717, 1.165) is 17.7 Å². The molecule has 0 amide bonds. The molecule has 0 spiro atoms. The smallest absolute Gasteiger partial charge is 0.160 e. The van der Waals surface area contributed by atoms with E-state index in [4.69, 9.17) is 0 Å². The monoisotopic (exact) mass is 368 g/mol. The van der Waals surface area contributed by atoms with Gasteiger partial charge in [-0.05, 0) is 54.7 Å². The Morgan fingerprint density at radius 1 is 0.923 bits per heavy atom. The first-order chi connectivity index (χ1) is 12.7. The van der Waals surface area contributed by atoms with Crippen molar-refractivity contribution in [2.24, 2.45) is 0 Å². The van der Waals surface area contributed by atoms with Crippen LogP contribution in [0.5, 0.6) is 0 Å². The van der Waals surface area contributed by atoms with E-state index >= 15 is 0 Å². The third-order valence-corrected chi connectivity index (χ3v) is 8.99. The SMILES string of the molecule is CCCC[SiH]1CCC(c2ccc(C#Cc3ccc(F)c(F)c3)cc2)CC1. The molecule has 1 saturated heterocycles. The Bertz CT molecular complexity index is 778. The highest BCUT2D eigenvalue weighted by Gasteiger charge is 2.22. The van der Waals surface area contributed by atoms with Crippen LogP contribution in [0.1, 0.15) is 55.2 Å². The van der Waals surface area contributed by atoms with Gasteiger partial charge in [0, 0.05) is 19.9 Å². The second kappa shape index (κ2) is 9.14. The molecule has 26 heavy (non-hydrogen) atoms. The molecule has 2 aromatic carbocycles. The molecule has 0 N–H and O–H groups in total. The maximum absolute atomic E-state index is 13.2. The molecule has 1 aliphatic heterocycles. The van der Waals surface area contributed by atoms with Crippen LogP contribution in [-0.4, -0.2) is 8.80 Å². The van der Waals surface area contributed by atoms with Crippen LogP contribution in [0.25, 0.3) is 0 Å². The summed E-state index contributed by atoms with van der Waals surface area (Å²) in [4.78, 5) is 0. The summed E-state index contributed by atoms with van der Waals surface area (Å²) in [5.74, 6) is 4.94. The van der Waals surface area contributed by atoms with Crippen molar-refractivity contribution < 1.29 is 8.78 Å². The van der Waals surface area contributed by atoms with Crippen molar-refractivity contribution in [1.82, 2.24) is 0 Å². The molecule has 0 nitrogen and oxygen atoms in total. The topological polar surface area (TPSA) is 0 Å². The van der Waals surface area contributed by atoms with Crippen LogP contribution in [0, 0.1) is 23.5 Å². The van der Waals surface area contributed by atoms with E-state index in [9.17, 15) is 8.78 Å². The third-order valence-electron chi connectivity index (χ3n) is 5.47.